The van der Waals surface area contributed by atoms with Crippen LogP contribution in [0.5, 0.6) is 11.9 Å². The lowest BCUT2D eigenvalue weighted by Gasteiger charge is -2.38. The predicted octanol–water partition coefficient (Wildman–Crippen LogP) is 5.35. The molecule has 8 nitrogen and oxygen atoms in total. The number of aliphatic hydroxyl groups is 1. The number of rotatable bonds is 6. The third-order valence-electron chi connectivity index (χ3n) is 7.56. The van der Waals surface area contributed by atoms with Crippen LogP contribution in [-0.2, 0) is 0 Å². The lowest BCUT2D eigenvalue weighted by Crippen LogP contribution is -2.42. The zero-order valence-corrected chi connectivity index (χ0v) is 22.6. The van der Waals surface area contributed by atoms with E-state index in [1.165, 1.54) is 7.11 Å². The molecule has 5 rings (SSSR count). The van der Waals surface area contributed by atoms with Crippen LogP contribution in [0.1, 0.15) is 78.8 Å². The van der Waals surface area contributed by atoms with Crippen molar-refractivity contribution in [3.63, 3.8) is 0 Å². The van der Waals surface area contributed by atoms with Crippen LogP contribution >= 0.6 is 11.6 Å². The molecule has 1 aliphatic heterocycles. The molecule has 1 aromatic carbocycles. The van der Waals surface area contributed by atoms with E-state index in [-0.39, 0.29) is 36.1 Å². The van der Waals surface area contributed by atoms with Crippen LogP contribution in [0.15, 0.2) is 30.5 Å². The number of hydrogen-bond acceptors (Lipinski definition) is 6. The van der Waals surface area contributed by atoms with Gasteiger partial charge in [-0.3, -0.25) is 4.79 Å². The van der Waals surface area contributed by atoms with E-state index >= 15 is 0 Å². The van der Waals surface area contributed by atoms with E-state index in [4.69, 9.17) is 21.1 Å². The van der Waals surface area contributed by atoms with E-state index in [9.17, 15) is 9.90 Å². The number of halogens is 1. The number of benzene rings is 1. The van der Waals surface area contributed by atoms with Crippen molar-refractivity contribution in [1.29, 1.82) is 0 Å². The molecule has 1 atom stereocenters. The number of carbonyl (C=O) groups is 1. The van der Waals surface area contributed by atoms with Crippen LogP contribution in [-0.4, -0.2) is 56.8 Å². The lowest BCUT2D eigenvalue weighted by molar-refractivity contribution is 0.0457. The van der Waals surface area contributed by atoms with E-state index in [1.54, 1.807) is 13.3 Å². The summed E-state index contributed by atoms with van der Waals surface area (Å²) in [7, 11) is 3.07. The first-order chi connectivity index (χ1) is 17.7. The summed E-state index contributed by atoms with van der Waals surface area (Å²) in [5.41, 5.74) is 5.22. The van der Waals surface area contributed by atoms with Crippen molar-refractivity contribution >= 4 is 17.5 Å². The van der Waals surface area contributed by atoms with Crippen LogP contribution in [0.25, 0.3) is 11.3 Å². The summed E-state index contributed by atoms with van der Waals surface area (Å²) in [6.07, 6.45) is 4.32. The molecule has 0 bridgehead atoms. The summed E-state index contributed by atoms with van der Waals surface area (Å²) in [5, 5.41) is 10.8. The normalized spacial score (nSPS) is 21.5. The third kappa shape index (κ3) is 4.36. The summed E-state index contributed by atoms with van der Waals surface area (Å²) in [6, 6.07) is 7.84. The van der Waals surface area contributed by atoms with E-state index < -0.39 is 0 Å². The number of aryl methyl sites for hydroxylation is 1. The molecule has 1 amide bonds. The Bertz CT molecular complexity index is 1330. The molecule has 3 aromatic rings. The molecule has 1 N–H and O–H groups in total. The molecule has 1 saturated carbocycles. The summed E-state index contributed by atoms with van der Waals surface area (Å²) in [6.45, 7) is 6.25. The predicted molar refractivity (Wildman–Crippen MR) is 141 cm³/mol. The fraction of sp³-hybridized carbons (Fsp3) is 0.464. The fourth-order valence-corrected chi connectivity index (χ4v) is 6.11. The van der Waals surface area contributed by atoms with Crippen molar-refractivity contribution in [2.45, 2.75) is 70.7 Å². The van der Waals surface area contributed by atoms with Gasteiger partial charge in [0.15, 0.2) is 0 Å². The number of hydrogen-bond donors (Lipinski definition) is 1. The minimum Gasteiger partial charge on any atom is -0.480 e. The Morgan fingerprint density at radius 3 is 2.43 bits per heavy atom. The molecular weight excluding hydrogens is 492 g/mol. The second kappa shape index (κ2) is 9.99. The second-order valence-electron chi connectivity index (χ2n) is 10.2. The number of aromatic nitrogens is 3. The molecule has 3 heterocycles. The van der Waals surface area contributed by atoms with Crippen LogP contribution in [0.3, 0.4) is 0 Å². The Morgan fingerprint density at radius 2 is 1.81 bits per heavy atom. The maximum Gasteiger partial charge on any atom is 0.319 e. The van der Waals surface area contributed by atoms with Gasteiger partial charge in [0, 0.05) is 23.3 Å². The summed E-state index contributed by atoms with van der Waals surface area (Å²) >= 11 is 6.33. The molecule has 0 radical (unpaired) electrons. The zero-order chi connectivity index (χ0) is 26.4. The molecule has 0 spiro atoms. The van der Waals surface area contributed by atoms with Crippen LogP contribution in [0.4, 0.5) is 0 Å². The van der Waals surface area contributed by atoms with E-state index in [0.29, 0.717) is 34.9 Å². The Kier molecular flexibility index (Phi) is 6.89. The summed E-state index contributed by atoms with van der Waals surface area (Å²) in [4.78, 5) is 24.9. The number of ether oxygens (including phenoxy) is 2. The average molecular weight is 525 g/mol. The van der Waals surface area contributed by atoms with Gasteiger partial charge in [0.05, 0.1) is 48.9 Å². The monoisotopic (exact) mass is 524 g/mol. The highest BCUT2D eigenvalue weighted by atomic mass is 35.5. The van der Waals surface area contributed by atoms with Gasteiger partial charge in [-0.15, -0.1) is 0 Å². The molecule has 1 aliphatic carbocycles. The topological polar surface area (TPSA) is 89.7 Å². The molecule has 196 valence electrons. The minimum atomic E-state index is -0.300. The largest absolute Gasteiger partial charge is 0.480 e. The van der Waals surface area contributed by atoms with Crippen LogP contribution in [0, 0.1) is 6.92 Å². The van der Waals surface area contributed by atoms with Crippen molar-refractivity contribution < 1.29 is 19.4 Å². The lowest BCUT2D eigenvalue weighted by atomic mass is 9.90. The quantitative estimate of drug-likeness (QED) is 0.467. The van der Waals surface area contributed by atoms with Gasteiger partial charge < -0.3 is 24.0 Å². The van der Waals surface area contributed by atoms with E-state index in [2.05, 4.69) is 28.4 Å². The molecule has 0 saturated heterocycles. The number of nitrogens with zero attached hydrogens (tertiary/aromatic N) is 4. The zero-order valence-electron chi connectivity index (χ0n) is 21.9. The number of aliphatic hydroxyl groups excluding tert-OH is 1. The highest BCUT2D eigenvalue weighted by molar-refractivity contribution is 6.30. The molecule has 1 unspecified atom stereocenters. The second-order valence-corrected chi connectivity index (χ2v) is 10.6. The molecule has 2 aromatic heterocycles. The standard InChI is InChI=1S/C28H33ClN4O4/c1-15(2)32-23(22-14-30-28(37-5)31-26(22)36-4)13-21-25(32)24(20-11-6-17(29)12-16(20)3)33(27(21)35)18-7-9-19(34)10-8-18/h6,11-15,18-19,24,34H,7-10H2,1-5H3/t18-,19-,24?. The number of methoxy groups -OCH3 is 2. The van der Waals surface area contributed by atoms with Crippen molar-refractivity contribution in [2.75, 3.05) is 14.2 Å². The van der Waals surface area contributed by atoms with Crippen molar-refractivity contribution in [2.24, 2.45) is 0 Å². The van der Waals surface area contributed by atoms with Crippen LogP contribution < -0.4 is 9.47 Å². The summed E-state index contributed by atoms with van der Waals surface area (Å²) in [5.74, 6) is 0.388. The van der Waals surface area contributed by atoms with Gasteiger partial charge in [-0.05, 0) is 75.8 Å². The van der Waals surface area contributed by atoms with E-state index in [1.807, 2.05) is 36.1 Å². The van der Waals surface area contributed by atoms with Gasteiger partial charge in [0.1, 0.15) is 0 Å². The maximum atomic E-state index is 14.2. The van der Waals surface area contributed by atoms with Gasteiger partial charge in [-0.2, -0.15) is 4.98 Å². The van der Waals surface area contributed by atoms with Gasteiger partial charge in [0.25, 0.3) is 5.91 Å². The molecule has 9 heteroatoms. The minimum absolute atomic E-state index is 0.00443. The van der Waals surface area contributed by atoms with Gasteiger partial charge in [0.2, 0.25) is 5.88 Å². The SMILES string of the molecule is COc1ncc(-c2cc3c(n2C(C)C)C(c2ccc(Cl)cc2C)N([C@H]2CC[C@H](O)CC2)C3=O)c(OC)n1. The van der Waals surface area contributed by atoms with Crippen molar-refractivity contribution in [3.05, 3.63) is 57.9 Å². The first kappa shape index (κ1) is 25.5. The van der Waals surface area contributed by atoms with Gasteiger partial charge in [-0.25, -0.2) is 4.98 Å². The average Bonchev–Trinajstić information content (AvgIpc) is 3.39. The van der Waals surface area contributed by atoms with E-state index in [0.717, 1.165) is 35.4 Å². The number of fused-ring (bicyclic) bond motifs is 1. The van der Waals surface area contributed by atoms with Gasteiger partial charge in [-0.1, -0.05) is 17.7 Å². The Hall–Kier alpha value is -3.10. The highest BCUT2D eigenvalue weighted by Crippen LogP contribution is 2.48. The molecular formula is C28H33ClN4O4. The Morgan fingerprint density at radius 1 is 1.08 bits per heavy atom. The molecule has 37 heavy (non-hydrogen) atoms. The Balaban J connectivity index is 1.72. The van der Waals surface area contributed by atoms with Crippen LogP contribution in [0.2, 0.25) is 5.02 Å². The highest BCUT2D eigenvalue weighted by Gasteiger charge is 2.46. The number of amides is 1. The fourth-order valence-electron chi connectivity index (χ4n) is 5.88. The number of carbonyl (C=O) groups excluding carboxylic acids is 1. The maximum absolute atomic E-state index is 14.2. The smallest absolute Gasteiger partial charge is 0.319 e. The third-order valence-corrected chi connectivity index (χ3v) is 7.80. The first-order valence-electron chi connectivity index (χ1n) is 12.7. The molecule has 2 aliphatic rings. The Labute approximate surface area is 222 Å². The van der Waals surface area contributed by atoms with Gasteiger partial charge >= 0.3 is 6.01 Å². The first-order valence-corrected chi connectivity index (χ1v) is 13.1. The molecule has 1 fully saturated rings. The summed E-state index contributed by atoms with van der Waals surface area (Å²) < 4.78 is 13.0. The van der Waals surface area contributed by atoms with Crippen molar-refractivity contribution in [3.8, 4) is 23.1 Å². The van der Waals surface area contributed by atoms with Crippen molar-refractivity contribution in [1.82, 2.24) is 19.4 Å².